The Bertz CT molecular complexity index is 1190. The third-order valence-electron chi connectivity index (χ3n) is 5.13. The Morgan fingerprint density at radius 1 is 1.12 bits per heavy atom. The number of carbonyl (C=O) groups excluding carboxylic acids is 1. The van der Waals surface area contributed by atoms with Crippen LogP contribution >= 0.6 is 0 Å². The highest BCUT2D eigenvalue weighted by atomic mass is 19.4. The first kappa shape index (κ1) is 23.3. The molecule has 2 aromatic carbocycles. The number of phenols is 1. The molecule has 0 fully saturated rings. The number of fused-ring (bicyclic) bond motifs is 1. The molecule has 0 aliphatic rings. The smallest absolute Gasteiger partial charge is 0.418 e. The van der Waals surface area contributed by atoms with Crippen molar-refractivity contribution < 1.29 is 27.5 Å². The molecule has 6 nitrogen and oxygen atoms in total. The first-order chi connectivity index (χ1) is 15.1. The molecule has 0 spiro atoms. The Morgan fingerprint density at radius 2 is 1.84 bits per heavy atom. The molecular formula is C23H23F3N2O4. The van der Waals surface area contributed by atoms with Gasteiger partial charge in [0.2, 0.25) is 5.91 Å². The maximum atomic E-state index is 13.2. The van der Waals surface area contributed by atoms with Crippen molar-refractivity contribution in [3.8, 4) is 5.75 Å². The summed E-state index contributed by atoms with van der Waals surface area (Å²) in [6.07, 6.45) is -4.02. The van der Waals surface area contributed by atoms with Gasteiger partial charge in [-0.2, -0.15) is 13.2 Å². The Kier molecular flexibility index (Phi) is 6.88. The van der Waals surface area contributed by atoms with Crippen LogP contribution in [-0.2, 0) is 23.9 Å². The summed E-state index contributed by atoms with van der Waals surface area (Å²) in [5.41, 5.74) is -0.337. The van der Waals surface area contributed by atoms with Gasteiger partial charge in [-0.25, -0.2) is 4.79 Å². The molecule has 0 saturated heterocycles. The van der Waals surface area contributed by atoms with E-state index in [1.54, 1.807) is 17.9 Å². The number of nitrogens with one attached hydrogen (secondary N) is 1. The van der Waals surface area contributed by atoms with Crippen molar-refractivity contribution in [2.45, 2.75) is 33.0 Å². The lowest BCUT2D eigenvalue weighted by Crippen LogP contribution is -2.33. The van der Waals surface area contributed by atoms with Gasteiger partial charge in [0.25, 0.3) is 0 Å². The SMILES string of the molecule is CCc1cc2c(CN(CC)CC(=O)Nc3ccccc3C(F)(F)F)cc(=O)oc2cc1O. The molecule has 0 radical (unpaired) electrons. The zero-order valence-electron chi connectivity index (χ0n) is 17.6. The molecule has 0 saturated carbocycles. The molecule has 3 aromatic rings. The number of amides is 1. The fraction of sp³-hybridized carbons (Fsp3) is 0.304. The molecule has 1 aromatic heterocycles. The summed E-state index contributed by atoms with van der Waals surface area (Å²) in [5.74, 6) is -0.585. The molecule has 0 atom stereocenters. The number of rotatable bonds is 7. The van der Waals surface area contributed by atoms with Crippen LogP contribution in [0.5, 0.6) is 5.75 Å². The van der Waals surface area contributed by atoms with E-state index in [2.05, 4.69) is 5.32 Å². The first-order valence-electron chi connectivity index (χ1n) is 10.1. The van der Waals surface area contributed by atoms with Gasteiger partial charge >= 0.3 is 11.8 Å². The van der Waals surface area contributed by atoms with Gasteiger partial charge in [-0.1, -0.05) is 26.0 Å². The molecule has 170 valence electrons. The van der Waals surface area contributed by atoms with Crippen molar-refractivity contribution in [3.05, 3.63) is 69.6 Å². The minimum Gasteiger partial charge on any atom is -0.508 e. The average molecular weight is 448 g/mol. The van der Waals surface area contributed by atoms with Crippen LogP contribution in [0.4, 0.5) is 18.9 Å². The molecule has 9 heteroatoms. The number of phenolic OH excluding ortho intramolecular Hbond substituents is 1. The fourth-order valence-electron chi connectivity index (χ4n) is 3.47. The van der Waals surface area contributed by atoms with Crippen molar-refractivity contribution >= 4 is 22.6 Å². The van der Waals surface area contributed by atoms with Gasteiger partial charge in [0.1, 0.15) is 11.3 Å². The van der Waals surface area contributed by atoms with Crippen molar-refractivity contribution in [2.24, 2.45) is 0 Å². The van der Waals surface area contributed by atoms with E-state index in [0.29, 0.717) is 29.5 Å². The maximum absolute atomic E-state index is 13.2. The van der Waals surface area contributed by atoms with E-state index in [9.17, 15) is 27.9 Å². The first-order valence-corrected chi connectivity index (χ1v) is 10.1. The van der Waals surface area contributed by atoms with E-state index < -0.39 is 23.3 Å². The van der Waals surface area contributed by atoms with Crippen molar-refractivity contribution in [1.29, 1.82) is 0 Å². The minimum atomic E-state index is -4.59. The van der Waals surface area contributed by atoms with Gasteiger partial charge in [-0.05, 0) is 42.3 Å². The predicted molar refractivity (Wildman–Crippen MR) is 115 cm³/mol. The molecule has 2 N–H and O–H groups in total. The highest BCUT2D eigenvalue weighted by Crippen LogP contribution is 2.34. The van der Waals surface area contributed by atoms with E-state index >= 15 is 0 Å². The van der Waals surface area contributed by atoms with Gasteiger partial charge in [-0.15, -0.1) is 0 Å². The summed E-state index contributed by atoms with van der Waals surface area (Å²) in [6.45, 7) is 4.10. The van der Waals surface area contributed by atoms with Crippen molar-refractivity contribution in [3.63, 3.8) is 0 Å². The van der Waals surface area contributed by atoms with Crippen LogP contribution in [-0.4, -0.2) is 29.0 Å². The second kappa shape index (κ2) is 9.44. The normalized spacial score (nSPS) is 11.8. The molecule has 0 aliphatic heterocycles. The number of anilines is 1. The largest absolute Gasteiger partial charge is 0.508 e. The van der Waals surface area contributed by atoms with Crippen LogP contribution < -0.4 is 10.9 Å². The van der Waals surface area contributed by atoms with Crippen LogP contribution in [0.1, 0.15) is 30.5 Å². The maximum Gasteiger partial charge on any atom is 0.418 e. The fourth-order valence-corrected chi connectivity index (χ4v) is 3.47. The Labute approximate surface area is 182 Å². The monoisotopic (exact) mass is 448 g/mol. The number of alkyl halides is 3. The van der Waals surface area contributed by atoms with E-state index in [-0.39, 0.29) is 30.1 Å². The topological polar surface area (TPSA) is 82.8 Å². The molecule has 1 heterocycles. The van der Waals surface area contributed by atoms with Gasteiger partial charge in [0, 0.05) is 24.1 Å². The lowest BCUT2D eigenvalue weighted by atomic mass is 10.0. The Hall–Kier alpha value is -3.33. The highest BCUT2D eigenvalue weighted by molar-refractivity contribution is 5.93. The third kappa shape index (κ3) is 5.28. The molecule has 0 aliphatic carbocycles. The summed E-state index contributed by atoms with van der Waals surface area (Å²) in [7, 11) is 0. The quantitative estimate of drug-likeness (QED) is 0.519. The summed E-state index contributed by atoms with van der Waals surface area (Å²) in [4.78, 5) is 26.2. The Balaban J connectivity index is 1.83. The van der Waals surface area contributed by atoms with Crippen molar-refractivity contribution in [2.75, 3.05) is 18.4 Å². The van der Waals surface area contributed by atoms with E-state index in [1.165, 1.54) is 30.3 Å². The minimum absolute atomic E-state index is 0.0235. The van der Waals surface area contributed by atoms with E-state index in [4.69, 9.17) is 4.42 Å². The number of aryl methyl sites for hydroxylation is 1. The summed E-state index contributed by atoms with van der Waals surface area (Å²) in [5, 5.41) is 13.0. The van der Waals surface area contributed by atoms with Crippen LogP contribution in [0, 0.1) is 0 Å². The zero-order valence-corrected chi connectivity index (χ0v) is 17.6. The number of aromatic hydroxyl groups is 1. The Morgan fingerprint density at radius 3 is 2.50 bits per heavy atom. The number of halogens is 3. The second-order valence-electron chi connectivity index (χ2n) is 7.32. The molecular weight excluding hydrogens is 425 g/mol. The third-order valence-corrected chi connectivity index (χ3v) is 5.13. The lowest BCUT2D eigenvalue weighted by molar-refractivity contribution is -0.137. The van der Waals surface area contributed by atoms with Gasteiger partial charge in [0.15, 0.2) is 0 Å². The van der Waals surface area contributed by atoms with Crippen LogP contribution in [0.25, 0.3) is 11.0 Å². The zero-order chi connectivity index (χ0) is 23.5. The van der Waals surface area contributed by atoms with Gasteiger partial charge < -0.3 is 14.8 Å². The molecule has 0 unspecified atom stereocenters. The van der Waals surface area contributed by atoms with Crippen LogP contribution in [0.2, 0.25) is 0 Å². The second-order valence-corrected chi connectivity index (χ2v) is 7.32. The number of benzene rings is 2. The van der Waals surface area contributed by atoms with Crippen LogP contribution in [0.3, 0.4) is 0 Å². The van der Waals surface area contributed by atoms with Crippen LogP contribution in [0.15, 0.2) is 51.7 Å². The van der Waals surface area contributed by atoms with Gasteiger partial charge in [0.05, 0.1) is 17.8 Å². The van der Waals surface area contributed by atoms with E-state index in [0.717, 1.165) is 6.07 Å². The number of carbonyl (C=O) groups is 1. The number of likely N-dealkylation sites (N-methyl/N-ethyl adjacent to an activating group) is 1. The average Bonchev–Trinajstić information content (AvgIpc) is 2.72. The summed E-state index contributed by atoms with van der Waals surface area (Å²) >= 11 is 0. The number of hydrogen-bond acceptors (Lipinski definition) is 5. The molecule has 0 bridgehead atoms. The highest BCUT2D eigenvalue weighted by Gasteiger charge is 2.33. The number of para-hydroxylation sites is 1. The van der Waals surface area contributed by atoms with Crippen molar-refractivity contribution in [1.82, 2.24) is 4.90 Å². The predicted octanol–water partition coefficient (Wildman–Crippen LogP) is 4.54. The molecule has 3 rings (SSSR count). The lowest BCUT2D eigenvalue weighted by Gasteiger charge is -2.21. The molecule has 32 heavy (non-hydrogen) atoms. The standard InChI is InChI=1S/C23H23F3N2O4/c1-3-14-9-16-15(10-22(31)32-20(16)11-19(14)29)12-28(4-2)13-21(30)27-18-8-6-5-7-17(18)23(24,25)26/h5-11,29H,3-4,12-13H2,1-2H3,(H,27,30). The number of nitrogens with zero attached hydrogens (tertiary/aromatic N) is 1. The molecule has 1 amide bonds. The summed E-state index contributed by atoms with van der Waals surface area (Å²) in [6, 6.07) is 9.21. The summed E-state index contributed by atoms with van der Waals surface area (Å²) < 4.78 is 44.7. The van der Waals surface area contributed by atoms with Gasteiger partial charge in [-0.3, -0.25) is 9.69 Å². The number of hydrogen-bond donors (Lipinski definition) is 2. The van der Waals surface area contributed by atoms with E-state index in [1.807, 2.05) is 6.92 Å².